The van der Waals surface area contributed by atoms with Gasteiger partial charge in [-0.1, -0.05) is 43.7 Å². The van der Waals surface area contributed by atoms with Crippen LogP contribution in [0.4, 0.5) is 0 Å². The lowest BCUT2D eigenvalue weighted by Crippen LogP contribution is -2.07. The van der Waals surface area contributed by atoms with Crippen molar-refractivity contribution in [1.82, 2.24) is 0 Å². The second kappa shape index (κ2) is 6.91. The molecule has 0 aliphatic heterocycles. The van der Waals surface area contributed by atoms with E-state index in [0.717, 1.165) is 13.0 Å². The first-order valence-electron chi connectivity index (χ1n) is 5.05. The first kappa shape index (κ1) is 11.6. The van der Waals surface area contributed by atoms with E-state index in [4.69, 9.17) is 4.74 Å². The summed E-state index contributed by atoms with van der Waals surface area (Å²) in [6.07, 6.45) is 4.42. The van der Waals surface area contributed by atoms with Gasteiger partial charge in [-0.25, -0.2) is 0 Å². The topological polar surface area (TPSA) is 9.23 Å². The third-order valence-electron chi connectivity index (χ3n) is 2.07. The van der Waals surface area contributed by atoms with Crippen LogP contribution in [0.25, 0.3) is 0 Å². The summed E-state index contributed by atoms with van der Waals surface area (Å²) in [6, 6.07) is 10.3. The molecule has 0 saturated heterocycles. The average molecular weight is 210 g/mol. The van der Waals surface area contributed by atoms with E-state index in [1.807, 2.05) is 18.2 Å². The molecule has 0 bridgehead atoms. The van der Waals surface area contributed by atoms with E-state index >= 15 is 0 Å². The van der Waals surface area contributed by atoms with Crippen molar-refractivity contribution < 1.29 is 4.74 Å². The smallest absolute Gasteiger partial charge is 0.103 e. The van der Waals surface area contributed by atoms with Gasteiger partial charge in [-0.3, -0.25) is 0 Å². The summed E-state index contributed by atoms with van der Waals surface area (Å²) in [5.74, 6) is 0. The number of hydrogen-bond acceptors (Lipinski definition) is 2. The summed E-state index contributed by atoms with van der Waals surface area (Å²) in [5, 5.41) is 0. The molecule has 0 aliphatic carbocycles. The van der Waals surface area contributed by atoms with Gasteiger partial charge in [0.2, 0.25) is 0 Å². The standard InChI is InChI=1S/C12H18OS/c1-3-7-12(14-2)13-10-11-8-5-4-6-9-11/h4-6,8-9,12H,3,7,10H2,1-2H3. The quantitative estimate of drug-likeness (QED) is 0.662. The number of ether oxygens (including phenoxy) is 1. The molecule has 1 rings (SSSR count). The Balaban J connectivity index is 2.32. The van der Waals surface area contributed by atoms with Crippen molar-refractivity contribution in [2.45, 2.75) is 31.8 Å². The highest BCUT2D eigenvalue weighted by molar-refractivity contribution is 7.99. The molecule has 0 amide bonds. The van der Waals surface area contributed by atoms with E-state index in [0.29, 0.717) is 5.44 Å². The normalized spacial score (nSPS) is 12.7. The molecule has 0 aromatic heterocycles. The first-order valence-corrected chi connectivity index (χ1v) is 6.34. The second-order valence-corrected chi connectivity index (χ2v) is 4.25. The van der Waals surface area contributed by atoms with Crippen molar-refractivity contribution in [2.24, 2.45) is 0 Å². The highest BCUT2D eigenvalue weighted by atomic mass is 32.2. The molecule has 0 fully saturated rings. The van der Waals surface area contributed by atoms with Gasteiger partial charge in [0.05, 0.1) is 6.61 Å². The molecule has 2 heteroatoms. The zero-order valence-corrected chi connectivity index (χ0v) is 9.72. The molecule has 14 heavy (non-hydrogen) atoms. The van der Waals surface area contributed by atoms with E-state index in [-0.39, 0.29) is 0 Å². The molecule has 0 radical (unpaired) electrons. The van der Waals surface area contributed by atoms with Crippen molar-refractivity contribution in [3.8, 4) is 0 Å². The van der Waals surface area contributed by atoms with E-state index in [2.05, 4.69) is 25.3 Å². The fourth-order valence-corrected chi connectivity index (χ4v) is 1.94. The zero-order valence-electron chi connectivity index (χ0n) is 8.90. The van der Waals surface area contributed by atoms with Crippen LogP contribution < -0.4 is 0 Å². The predicted molar refractivity (Wildman–Crippen MR) is 63.4 cm³/mol. The van der Waals surface area contributed by atoms with Crippen LogP contribution in [0.3, 0.4) is 0 Å². The average Bonchev–Trinajstić information content (AvgIpc) is 2.25. The SMILES string of the molecule is CCCC(OCc1ccccc1)SC. The maximum Gasteiger partial charge on any atom is 0.103 e. The van der Waals surface area contributed by atoms with E-state index in [1.54, 1.807) is 11.8 Å². The lowest BCUT2D eigenvalue weighted by molar-refractivity contribution is 0.0934. The molecule has 1 nitrogen and oxygen atoms in total. The molecule has 0 spiro atoms. The number of thioether (sulfide) groups is 1. The van der Waals surface area contributed by atoms with Crippen LogP contribution in [0.15, 0.2) is 30.3 Å². The Kier molecular flexibility index (Phi) is 5.72. The fraction of sp³-hybridized carbons (Fsp3) is 0.500. The van der Waals surface area contributed by atoms with E-state index < -0.39 is 0 Å². The van der Waals surface area contributed by atoms with E-state index in [9.17, 15) is 0 Å². The van der Waals surface area contributed by atoms with Gasteiger partial charge >= 0.3 is 0 Å². The monoisotopic (exact) mass is 210 g/mol. The Labute approximate surface area is 90.9 Å². The molecule has 78 valence electrons. The number of rotatable bonds is 6. The molecule has 1 aromatic rings. The van der Waals surface area contributed by atoms with Gasteiger partial charge in [-0.2, -0.15) is 0 Å². The number of benzene rings is 1. The minimum Gasteiger partial charge on any atom is -0.363 e. The summed E-state index contributed by atoms with van der Waals surface area (Å²) in [6.45, 7) is 2.92. The lowest BCUT2D eigenvalue weighted by atomic mass is 10.2. The maximum atomic E-state index is 5.78. The summed E-state index contributed by atoms with van der Waals surface area (Å²) >= 11 is 1.79. The third kappa shape index (κ3) is 4.16. The van der Waals surface area contributed by atoms with E-state index in [1.165, 1.54) is 12.0 Å². The molecule has 1 atom stereocenters. The van der Waals surface area contributed by atoms with Gasteiger partial charge in [0.25, 0.3) is 0 Å². The van der Waals surface area contributed by atoms with Crippen LogP contribution in [0, 0.1) is 0 Å². The summed E-state index contributed by atoms with van der Waals surface area (Å²) in [7, 11) is 0. The minimum absolute atomic E-state index is 0.347. The largest absolute Gasteiger partial charge is 0.363 e. The molecular formula is C12H18OS. The van der Waals surface area contributed by atoms with Gasteiger partial charge in [0, 0.05) is 0 Å². The summed E-state index contributed by atoms with van der Waals surface area (Å²) < 4.78 is 5.78. The van der Waals surface area contributed by atoms with Gasteiger partial charge in [0.1, 0.15) is 5.44 Å². The predicted octanol–water partition coefficient (Wildman–Crippen LogP) is 3.69. The lowest BCUT2D eigenvalue weighted by Gasteiger charge is -2.14. The maximum absolute atomic E-state index is 5.78. The van der Waals surface area contributed by atoms with Crippen LogP contribution in [0.1, 0.15) is 25.3 Å². The Bertz CT molecular complexity index is 235. The van der Waals surface area contributed by atoms with Crippen LogP contribution in [0.2, 0.25) is 0 Å². The van der Waals surface area contributed by atoms with Crippen molar-refractivity contribution in [3.05, 3.63) is 35.9 Å². The van der Waals surface area contributed by atoms with Crippen LogP contribution in [-0.2, 0) is 11.3 Å². The van der Waals surface area contributed by atoms with Gasteiger partial charge in [-0.15, -0.1) is 11.8 Å². The Morgan fingerprint density at radius 3 is 2.57 bits per heavy atom. The Hall–Kier alpha value is -0.470. The minimum atomic E-state index is 0.347. The van der Waals surface area contributed by atoms with Crippen LogP contribution in [-0.4, -0.2) is 11.7 Å². The number of hydrogen-bond donors (Lipinski definition) is 0. The first-order chi connectivity index (χ1) is 6.86. The molecule has 1 unspecified atom stereocenters. The summed E-state index contributed by atoms with van der Waals surface area (Å²) in [5.41, 5.74) is 1.60. The summed E-state index contributed by atoms with van der Waals surface area (Å²) in [4.78, 5) is 0. The highest BCUT2D eigenvalue weighted by Crippen LogP contribution is 2.16. The molecule has 1 aromatic carbocycles. The van der Waals surface area contributed by atoms with Crippen LogP contribution >= 0.6 is 11.8 Å². The third-order valence-corrected chi connectivity index (χ3v) is 2.96. The zero-order chi connectivity index (χ0) is 10.2. The molecule has 0 N–H and O–H groups in total. The van der Waals surface area contributed by atoms with Crippen molar-refractivity contribution in [3.63, 3.8) is 0 Å². The fourth-order valence-electron chi connectivity index (χ4n) is 1.27. The van der Waals surface area contributed by atoms with Gasteiger partial charge < -0.3 is 4.74 Å². The van der Waals surface area contributed by atoms with Crippen molar-refractivity contribution in [2.75, 3.05) is 6.26 Å². The van der Waals surface area contributed by atoms with Crippen molar-refractivity contribution in [1.29, 1.82) is 0 Å². The molecule has 0 saturated carbocycles. The van der Waals surface area contributed by atoms with Gasteiger partial charge in [0.15, 0.2) is 0 Å². The second-order valence-electron chi connectivity index (χ2n) is 3.25. The molecular weight excluding hydrogens is 192 g/mol. The Morgan fingerprint density at radius 2 is 2.00 bits per heavy atom. The van der Waals surface area contributed by atoms with Crippen molar-refractivity contribution >= 4 is 11.8 Å². The van der Waals surface area contributed by atoms with Crippen LogP contribution in [0.5, 0.6) is 0 Å². The highest BCUT2D eigenvalue weighted by Gasteiger charge is 2.05. The Morgan fingerprint density at radius 1 is 1.29 bits per heavy atom. The molecule has 0 heterocycles. The molecule has 0 aliphatic rings. The van der Waals surface area contributed by atoms with Gasteiger partial charge in [-0.05, 0) is 18.2 Å².